The molecule has 0 fully saturated rings. The third-order valence-electron chi connectivity index (χ3n) is 13.8. The van der Waals surface area contributed by atoms with E-state index in [-0.39, 0.29) is 5.57 Å². The van der Waals surface area contributed by atoms with Crippen molar-refractivity contribution in [3.8, 4) is 52.9 Å². The topological polar surface area (TPSA) is 104 Å². The number of benzene rings is 3. The lowest BCUT2D eigenvalue weighted by molar-refractivity contribution is -0.137. The number of carbonyl (C=O) groups excluding carboxylic acids is 1. The van der Waals surface area contributed by atoms with Gasteiger partial charge in [-0.3, -0.25) is 9.59 Å². The first-order valence-electron chi connectivity index (χ1n) is 27.0. The normalized spacial score (nSPS) is 11.8. The van der Waals surface area contributed by atoms with E-state index >= 15 is 0 Å². The predicted octanol–water partition coefficient (Wildman–Crippen LogP) is 18.1. The number of aromatic nitrogens is 1. The van der Waals surface area contributed by atoms with Crippen LogP contribution in [0.15, 0.2) is 84.4 Å². The second kappa shape index (κ2) is 27.5. The van der Waals surface area contributed by atoms with E-state index in [1.807, 2.05) is 22.7 Å². The van der Waals surface area contributed by atoms with Crippen LogP contribution in [0.25, 0.3) is 69.0 Å². The molecule has 0 atom stereocenters. The van der Waals surface area contributed by atoms with Crippen molar-refractivity contribution >= 4 is 73.8 Å². The zero-order valence-corrected chi connectivity index (χ0v) is 45.9. The van der Waals surface area contributed by atoms with E-state index in [0.717, 1.165) is 98.4 Å². The van der Waals surface area contributed by atoms with E-state index < -0.39 is 18.4 Å². The zero-order valence-electron chi connectivity index (χ0n) is 43.4. The van der Waals surface area contributed by atoms with Crippen LogP contribution >= 0.6 is 34.0 Å². The molecule has 7 nitrogen and oxygen atoms in total. The lowest BCUT2D eigenvalue weighted by atomic mass is 10.0. The van der Waals surface area contributed by atoms with Crippen molar-refractivity contribution in [1.29, 1.82) is 5.26 Å². The standard InChI is InChI=1S/C62H75N3O4S3/c1-6-11-15-19-23-45-37-57(70-55(45)40-49(41-63)62(68)64-42-59(66)67)60-48(25-21-17-13-8-3)39-58(72-60)61-47(24-20-16-12-7-2)38-56(71-61)46-29-33-54-52(36-46)51-35-44(28-32-53(51)65(54)10-5)43-26-30-50(31-27-43)69-34-22-18-14-9-4/h26-33,35-40H,6-25,34,42H2,1-5H3,(H,64,68)(H,66,67)/b49-40+. The zero-order chi connectivity index (χ0) is 50.8. The number of nitrogens with zero attached hydrogens (tertiary/aromatic N) is 2. The van der Waals surface area contributed by atoms with Crippen molar-refractivity contribution in [2.24, 2.45) is 0 Å². The molecule has 0 bridgehead atoms. The minimum absolute atomic E-state index is 0.0771. The molecule has 0 saturated carbocycles. The molecule has 0 saturated heterocycles. The summed E-state index contributed by atoms with van der Waals surface area (Å²) in [6.45, 7) is 12.3. The summed E-state index contributed by atoms with van der Waals surface area (Å²) in [6.07, 6.45) is 23.2. The minimum atomic E-state index is -1.15. The third kappa shape index (κ3) is 14.0. The van der Waals surface area contributed by atoms with Gasteiger partial charge in [0.05, 0.1) is 6.61 Å². The number of thiophene rings is 3. The third-order valence-corrected chi connectivity index (χ3v) is 17.7. The van der Waals surface area contributed by atoms with Gasteiger partial charge >= 0.3 is 5.97 Å². The summed E-state index contributed by atoms with van der Waals surface area (Å²) < 4.78 is 8.53. The number of aliphatic carboxylic acids is 1. The van der Waals surface area contributed by atoms with Crippen LogP contribution in [0.4, 0.5) is 0 Å². The Labute approximate surface area is 441 Å². The monoisotopic (exact) mass is 1020 g/mol. The number of hydrogen-bond donors (Lipinski definition) is 2. The number of amides is 1. The van der Waals surface area contributed by atoms with E-state index in [1.165, 1.54) is 127 Å². The van der Waals surface area contributed by atoms with Crippen LogP contribution < -0.4 is 10.1 Å². The van der Waals surface area contributed by atoms with Crippen molar-refractivity contribution < 1.29 is 19.4 Å². The summed E-state index contributed by atoms with van der Waals surface area (Å²) in [7, 11) is 0. The Morgan fingerprint density at radius 1 is 0.597 bits per heavy atom. The van der Waals surface area contributed by atoms with Crippen LogP contribution in [0.3, 0.4) is 0 Å². The molecule has 0 aliphatic rings. The molecule has 7 aromatic rings. The van der Waals surface area contributed by atoms with Crippen molar-refractivity contribution in [3.05, 3.63) is 106 Å². The highest BCUT2D eigenvalue weighted by molar-refractivity contribution is 7.27. The van der Waals surface area contributed by atoms with Crippen molar-refractivity contribution in [2.75, 3.05) is 13.2 Å². The fourth-order valence-corrected chi connectivity index (χ4v) is 13.6. The summed E-state index contributed by atoms with van der Waals surface area (Å²) in [5, 5.41) is 24.2. The van der Waals surface area contributed by atoms with E-state index in [2.05, 4.69) is 129 Å². The number of nitrogens with one attached hydrogen (secondary N) is 1. The number of carboxylic acids is 1. The number of carboxylic acid groups (broad SMARTS) is 1. The number of unbranched alkanes of at least 4 members (excludes halogenated alkanes) is 12. The van der Waals surface area contributed by atoms with Crippen LogP contribution in [-0.2, 0) is 35.4 Å². The SMILES string of the molecule is CCCCCCOc1ccc(-c2ccc3c(c2)c2cc(-c4cc(CCCCCC)c(-c5cc(CCCCCC)c(-c6cc(CCCCCC)c(/C=C(\C#N)C(=O)NCC(=O)O)s6)s5)s4)ccc2n3CC)cc1. The highest BCUT2D eigenvalue weighted by atomic mass is 32.1. The van der Waals surface area contributed by atoms with Crippen LogP contribution in [0, 0.1) is 11.3 Å². The average Bonchev–Trinajstić information content (AvgIpc) is 4.19. The minimum Gasteiger partial charge on any atom is -0.494 e. The number of hydrogen-bond acceptors (Lipinski definition) is 7. The van der Waals surface area contributed by atoms with Gasteiger partial charge in [-0.2, -0.15) is 5.26 Å². The lowest BCUT2D eigenvalue weighted by Crippen LogP contribution is -2.30. The maximum Gasteiger partial charge on any atom is 0.322 e. The number of ether oxygens (including phenoxy) is 1. The molecule has 0 aliphatic carbocycles. The van der Waals surface area contributed by atoms with Gasteiger partial charge < -0.3 is 19.7 Å². The van der Waals surface area contributed by atoms with Crippen molar-refractivity contribution in [1.82, 2.24) is 9.88 Å². The van der Waals surface area contributed by atoms with Gasteiger partial charge in [0.25, 0.3) is 5.91 Å². The van der Waals surface area contributed by atoms with Gasteiger partial charge in [-0.15, -0.1) is 34.0 Å². The number of aryl methyl sites for hydroxylation is 4. The largest absolute Gasteiger partial charge is 0.494 e. The molecule has 0 unspecified atom stereocenters. The fraction of sp³-hybridized carbons (Fsp3) is 0.435. The van der Waals surface area contributed by atoms with Crippen LogP contribution in [0.2, 0.25) is 0 Å². The van der Waals surface area contributed by atoms with Gasteiger partial charge in [-0.25, -0.2) is 0 Å². The number of fused-ring (bicyclic) bond motifs is 3. The van der Waals surface area contributed by atoms with Crippen molar-refractivity contribution in [2.45, 2.75) is 163 Å². The molecule has 4 aromatic heterocycles. The molecule has 2 N–H and O–H groups in total. The molecule has 3 aromatic carbocycles. The molecule has 4 heterocycles. The first-order chi connectivity index (χ1) is 35.2. The molecule has 72 heavy (non-hydrogen) atoms. The highest BCUT2D eigenvalue weighted by Gasteiger charge is 2.22. The van der Waals surface area contributed by atoms with Gasteiger partial charge in [0, 0.05) is 57.6 Å². The van der Waals surface area contributed by atoms with E-state index in [9.17, 15) is 20.0 Å². The molecule has 1 amide bonds. The molecule has 380 valence electrons. The lowest BCUT2D eigenvalue weighted by Gasteiger charge is -2.08. The summed E-state index contributed by atoms with van der Waals surface area (Å²) in [5.41, 5.74) is 9.98. The number of nitriles is 1. The Morgan fingerprint density at radius 2 is 1.10 bits per heavy atom. The van der Waals surface area contributed by atoms with Gasteiger partial charge in [0.15, 0.2) is 0 Å². The molecule has 0 radical (unpaired) electrons. The molecule has 0 aliphatic heterocycles. The Hall–Kier alpha value is -5.47. The first kappa shape index (κ1) is 54.3. The Kier molecular flexibility index (Phi) is 20.8. The average molecular weight is 1020 g/mol. The maximum absolute atomic E-state index is 13.0. The fourth-order valence-electron chi connectivity index (χ4n) is 9.77. The predicted molar refractivity (Wildman–Crippen MR) is 308 cm³/mol. The molecule has 7 rings (SSSR count). The van der Waals surface area contributed by atoms with E-state index in [4.69, 9.17) is 4.74 Å². The quantitative estimate of drug-likeness (QED) is 0.0265. The van der Waals surface area contributed by atoms with Gasteiger partial charge in [-0.1, -0.05) is 129 Å². The van der Waals surface area contributed by atoms with E-state index in [0.29, 0.717) is 0 Å². The molecule has 0 spiro atoms. The van der Waals surface area contributed by atoms with Crippen LogP contribution in [0.5, 0.6) is 5.75 Å². The summed E-state index contributed by atoms with van der Waals surface area (Å²) >= 11 is 5.46. The second-order valence-electron chi connectivity index (χ2n) is 19.2. The molecular weight excluding hydrogens is 947 g/mol. The number of carbonyl (C=O) groups is 2. The summed E-state index contributed by atoms with van der Waals surface area (Å²) in [4.78, 5) is 31.5. The Bertz CT molecular complexity index is 2960. The van der Waals surface area contributed by atoms with E-state index in [1.54, 1.807) is 17.4 Å². The number of rotatable bonds is 30. The molecule has 10 heteroatoms. The summed E-state index contributed by atoms with van der Waals surface area (Å²) in [6, 6.07) is 31.9. The Balaban J connectivity index is 1.28. The summed E-state index contributed by atoms with van der Waals surface area (Å²) in [5.74, 6) is -0.886. The van der Waals surface area contributed by atoms with Gasteiger partial charge in [-0.05, 0) is 146 Å². The second-order valence-corrected chi connectivity index (χ2v) is 22.4. The highest BCUT2D eigenvalue weighted by Crippen LogP contribution is 2.48. The maximum atomic E-state index is 13.0. The van der Waals surface area contributed by atoms with Crippen LogP contribution in [0.1, 0.15) is 159 Å². The Morgan fingerprint density at radius 3 is 1.67 bits per heavy atom. The smallest absolute Gasteiger partial charge is 0.322 e. The molecular formula is C62H75N3O4S3. The van der Waals surface area contributed by atoms with Gasteiger partial charge in [0.1, 0.15) is 23.9 Å². The van der Waals surface area contributed by atoms with Crippen molar-refractivity contribution in [3.63, 3.8) is 0 Å². The van der Waals surface area contributed by atoms with Crippen LogP contribution in [-0.4, -0.2) is 34.7 Å². The first-order valence-corrected chi connectivity index (χ1v) is 29.4. The van der Waals surface area contributed by atoms with Gasteiger partial charge in [0.2, 0.25) is 0 Å².